The quantitative estimate of drug-likeness (QED) is 0.122. The van der Waals surface area contributed by atoms with Crippen LogP contribution in [0, 0.1) is 0 Å². The minimum absolute atomic E-state index is 0.101. The van der Waals surface area contributed by atoms with Crippen LogP contribution >= 0.6 is 11.6 Å². The van der Waals surface area contributed by atoms with Gasteiger partial charge in [-0.05, 0) is 61.4 Å². The monoisotopic (exact) mass is 486 g/mol. The largest absolute Gasteiger partial charge is 0.508 e. The van der Waals surface area contributed by atoms with Gasteiger partial charge in [0.25, 0.3) is 0 Å². The lowest BCUT2D eigenvalue weighted by Gasteiger charge is -2.05. The summed E-state index contributed by atoms with van der Waals surface area (Å²) in [6, 6.07) is 13.5. The maximum absolute atomic E-state index is 9.28. The molecule has 0 unspecified atom stereocenters. The van der Waals surface area contributed by atoms with Crippen LogP contribution in [-0.2, 0) is 0 Å². The van der Waals surface area contributed by atoms with E-state index in [0.717, 1.165) is 31.4 Å². The van der Waals surface area contributed by atoms with Gasteiger partial charge in [0.05, 0.1) is 0 Å². The first kappa shape index (κ1) is 26.3. The SMILES string of the molecule is NC(=NCCCCCCN=C(N)N=C(N)Nc1ccc(Cl)cc1)N=C(N)Nc1ccc(O)cc1. The smallest absolute Gasteiger partial charge is 0.218 e. The van der Waals surface area contributed by atoms with E-state index in [0.29, 0.717) is 23.8 Å². The van der Waals surface area contributed by atoms with E-state index in [1.165, 1.54) is 12.1 Å². The van der Waals surface area contributed by atoms with E-state index < -0.39 is 0 Å². The third-order valence-corrected chi connectivity index (χ3v) is 4.59. The van der Waals surface area contributed by atoms with Gasteiger partial charge in [-0.1, -0.05) is 24.4 Å². The Morgan fingerprint density at radius 3 is 1.53 bits per heavy atom. The lowest BCUT2D eigenvalue weighted by Crippen LogP contribution is -2.26. The van der Waals surface area contributed by atoms with Gasteiger partial charge in [0.1, 0.15) is 5.75 Å². The molecular formula is C22H31ClN10O. The Balaban J connectivity index is 1.61. The summed E-state index contributed by atoms with van der Waals surface area (Å²) in [5.41, 5.74) is 24.6. The molecule has 0 radical (unpaired) electrons. The van der Waals surface area contributed by atoms with Crippen LogP contribution in [0.4, 0.5) is 11.4 Å². The zero-order valence-corrected chi connectivity index (χ0v) is 19.5. The lowest BCUT2D eigenvalue weighted by atomic mass is 10.2. The molecule has 2 aromatic carbocycles. The highest BCUT2D eigenvalue weighted by Crippen LogP contribution is 2.14. The van der Waals surface area contributed by atoms with Gasteiger partial charge in [-0.2, -0.15) is 9.98 Å². The van der Waals surface area contributed by atoms with E-state index in [2.05, 4.69) is 30.6 Å². The molecule has 12 heteroatoms. The van der Waals surface area contributed by atoms with E-state index in [1.807, 2.05) is 0 Å². The Bertz CT molecular complexity index is 933. The van der Waals surface area contributed by atoms with Crippen LogP contribution in [0.5, 0.6) is 5.75 Å². The molecule has 0 spiro atoms. The summed E-state index contributed by atoms with van der Waals surface area (Å²) in [5.74, 6) is 0.657. The number of hydrogen-bond donors (Lipinski definition) is 7. The Morgan fingerprint density at radius 2 is 1.09 bits per heavy atom. The first-order valence-electron chi connectivity index (χ1n) is 10.7. The highest BCUT2D eigenvalue weighted by Gasteiger charge is 1.99. The minimum Gasteiger partial charge on any atom is -0.508 e. The Morgan fingerprint density at radius 1 is 0.676 bits per heavy atom. The Labute approximate surface area is 203 Å². The van der Waals surface area contributed by atoms with Gasteiger partial charge in [0.15, 0.2) is 0 Å². The van der Waals surface area contributed by atoms with Crippen molar-refractivity contribution in [2.24, 2.45) is 42.9 Å². The molecule has 2 rings (SSSR count). The molecule has 0 aliphatic rings. The molecule has 0 amide bonds. The predicted octanol–water partition coefficient (Wildman–Crippen LogP) is 2.39. The number of hydrogen-bond acceptors (Lipinski definition) is 3. The lowest BCUT2D eigenvalue weighted by molar-refractivity contribution is 0.475. The molecular weight excluding hydrogens is 456 g/mol. The zero-order chi connectivity index (χ0) is 24.8. The van der Waals surface area contributed by atoms with Crippen molar-refractivity contribution in [3.8, 4) is 5.75 Å². The van der Waals surface area contributed by atoms with Gasteiger partial charge in [-0.25, -0.2) is 0 Å². The average Bonchev–Trinajstić information content (AvgIpc) is 2.78. The third kappa shape index (κ3) is 11.0. The summed E-state index contributed by atoms with van der Waals surface area (Å²) in [6.45, 7) is 1.10. The summed E-state index contributed by atoms with van der Waals surface area (Å²) in [5, 5.41) is 15.7. The first-order chi connectivity index (χ1) is 16.3. The highest BCUT2D eigenvalue weighted by molar-refractivity contribution is 6.30. The molecule has 0 aliphatic carbocycles. The maximum Gasteiger partial charge on any atom is 0.218 e. The highest BCUT2D eigenvalue weighted by atomic mass is 35.5. The van der Waals surface area contributed by atoms with E-state index in [-0.39, 0.29) is 29.6 Å². The second kappa shape index (κ2) is 14.2. The molecule has 0 heterocycles. The van der Waals surface area contributed by atoms with Crippen LogP contribution in [-0.4, -0.2) is 42.0 Å². The van der Waals surface area contributed by atoms with Gasteiger partial charge >= 0.3 is 0 Å². The molecule has 34 heavy (non-hydrogen) atoms. The standard InChI is InChI=1S/C22H31ClN10O/c23-15-5-7-16(8-6-15)30-21(26)32-19(24)28-13-3-1-2-4-14-29-20(25)33-22(27)31-17-9-11-18(34)12-10-17/h5-12,34H,1-4,13-14H2,(H5,24,26,28,30,32)(H5,25,27,29,31,33). The number of aliphatic imine (C=N–C) groups is 4. The summed E-state index contributed by atoms with van der Waals surface area (Å²) < 4.78 is 0. The van der Waals surface area contributed by atoms with Crippen molar-refractivity contribution in [1.82, 2.24) is 0 Å². The normalized spacial score (nSPS) is 13.1. The fourth-order valence-corrected chi connectivity index (χ4v) is 2.84. The second-order valence-electron chi connectivity index (χ2n) is 7.19. The molecule has 2 aromatic rings. The molecule has 0 aromatic heterocycles. The van der Waals surface area contributed by atoms with Crippen molar-refractivity contribution < 1.29 is 5.11 Å². The zero-order valence-electron chi connectivity index (χ0n) is 18.8. The second-order valence-corrected chi connectivity index (χ2v) is 7.63. The van der Waals surface area contributed by atoms with Gasteiger partial charge in [0, 0.05) is 29.5 Å². The van der Waals surface area contributed by atoms with Crippen LogP contribution in [0.1, 0.15) is 25.7 Å². The van der Waals surface area contributed by atoms with Crippen LogP contribution < -0.4 is 33.6 Å². The molecule has 11 N–H and O–H groups in total. The van der Waals surface area contributed by atoms with E-state index in [1.54, 1.807) is 36.4 Å². The third-order valence-electron chi connectivity index (χ3n) is 4.34. The molecule has 0 saturated carbocycles. The average molecular weight is 487 g/mol. The molecule has 0 atom stereocenters. The Hall–Kier alpha value is -3.99. The Kier molecular flexibility index (Phi) is 11.0. The molecule has 11 nitrogen and oxygen atoms in total. The number of benzene rings is 2. The first-order valence-corrected chi connectivity index (χ1v) is 11.1. The number of nitrogens with two attached hydrogens (primary N) is 4. The minimum atomic E-state index is 0.101. The fourth-order valence-electron chi connectivity index (χ4n) is 2.71. The molecule has 0 fully saturated rings. The number of nitrogens with one attached hydrogen (secondary N) is 2. The van der Waals surface area contributed by atoms with Crippen molar-refractivity contribution in [3.05, 3.63) is 53.6 Å². The molecule has 0 aliphatic heterocycles. The van der Waals surface area contributed by atoms with Crippen molar-refractivity contribution in [2.45, 2.75) is 25.7 Å². The van der Waals surface area contributed by atoms with E-state index in [9.17, 15) is 5.11 Å². The summed E-state index contributed by atoms with van der Waals surface area (Å²) >= 11 is 5.85. The van der Waals surface area contributed by atoms with Gasteiger partial charge in [-0.3, -0.25) is 9.98 Å². The molecule has 0 saturated heterocycles. The number of unbranched alkanes of at least 4 members (excludes halogenated alkanes) is 3. The molecule has 0 bridgehead atoms. The van der Waals surface area contributed by atoms with E-state index >= 15 is 0 Å². The van der Waals surface area contributed by atoms with Crippen molar-refractivity contribution in [2.75, 3.05) is 23.7 Å². The summed E-state index contributed by atoms with van der Waals surface area (Å²) in [7, 11) is 0. The van der Waals surface area contributed by atoms with Crippen LogP contribution in [0.2, 0.25) is 5.02 Å². The van der Waals surface area contributed by atoms with E-state index in [4.69, 9.17) is 34.5 Å². The summed E-state index contributed by atoms with van der Waals surface area (Å²) in [6.07, 6.45) is 3.64. The van der Waals surface area contributed by atoms with Gasteiger partial charge in [-0.15, -0.1) is 0 Å². The number of anilines is 2. The predicted molar refractivity (Wildman–Crippen MR) is 141 cm³/mol. The van der Waals surface area contributed by atoms with Gasteiger partial charge < -0.3 is 38.7 Å². The number of phenols is 1. The van der Waals surface area contributed by atoms with Crippen LogP contribution in [0.3, 0.4) is 0 Å². The number of halogens is 1. The van der Waals surface area contributed by atoms with Crippen molar-refractivity contribution in [3.63, 3.8) is 0 Å². The van der Waals surface area contributed by atoms with Crippen molar-refractivity contribution >= 4 is 46.8 Å². The number of nitrogens with zero attached hydrogens (tertiary/aromatic N) is 4. The summed E-state index contributed by atoms with van der Waals surface area (Å²) in [4.78, 5) is 16.4. The molecule has 182 valence electrons. The number of rotatable bonds is 9. The van der Waals surface area contributed by atoms with Crippen molar-refractivity contribution in [1.29, 1.82) is 0 Å². The maximum atomic E-state index is 9.28. The van der Waals surface area contributed by atoms with Crippen LogP contribution in [0.25, 0.3) is 0 Å². The van der Waals surface area contributed by atoms with Gasteiger partial charge in [0.2, 0.25) is 23.8 Å². The van der Waals surface area contributed by atoms with Crippen LogP contribution in [0.15, 0.2) is 68.5 Å². The number of aromatic hydroxyl groups is 1. The number of phenolic OH excluding ortho intramolecular Hbond substituents is 1. The topological polar surface area (TPSA) is 198 Å². The number of guanidine groups is 4. The fraction of sp³-hybridized carbons (Fsp3) is 0.273.